The number of amides is 2. The van der Waals surface area contributed by atoms with Crippen LogP contribution in [0, 0.1) is 23.2 Å². The molecule has 1 aliphatic carbocycles. The summed E-state index contributed by atoms with van der Waals surface area (Å²) < 4.78 is 43.1. The van der Waals surface area contributed by atoms with E-state index in [4.69, 9.17) is 28.0 Å². The largest absolute Gasteiger partial charge is 0.456 e. The summed E-state index contributed by atoms with van der Waals surface area (Å²) in [5, 5.41) is 15.5. The maximum atomic E-state index is 13.2. The van der Waals surface area contributed by atoms with Crippen molar-refractivity contribution in [3.8, 4) is 6.07 Å². The van der Waals surface area contributed by atoms with Gasteiger partial charge in [-0.25, -0.2) is 19.4 Å². The molecule has 2 unspecified atom stereocenters. The van der Waals surface area contributed by atoms with Gasteiger partial charge in [0.05, 0.1) is 55.6 Å². The van der Waals surface area contributed by atoms with Crippen LogP contribution in [-0.4, -0.2) is 142 Å². The summed E-state index contributed by atoms with van der Waals surface area (Å²) in [4.78, 5) is 69.3. The molecule has 404 valence electrons. The van der Waals surface area contributed by atoms with Crippen LogP contribution in [0.1, 0.15) is 143 Å². The summed E-state index contributed by atoms with van der Waals surface area (Å²) in [6.07, 6.45) is 7.30. The molecule has 2 fully saturated rings. The second-order valence-corrected chi connectivity index (χ2v) is 21.1. The first kappa shape index (κ1) is 59.0. The number of fused-ring (bicyclic) bond motifs is 1. The van der Waals surface area contributed by atoms with Crippen molar-refractivity contribution in [2.24, 2.45) is 16.8 Å². The number of aromatic nitrogens is 4. The van der Waals surface area contributed by atoms with E-state index in [1.165, 1.54) is 13.3 Å². The van der Waals surface area contributed by atoms with Crippen LogP contribution >= 0.6 is 8.53 Å². The highest BCUT2D eigenvalue weighted by atomic mass is 31.2. The van der Waals surface area contributed by atoms with Gasteiger partial charge >= 0.3 is 5.97 Å². The molecule has 2 aliphatic rings. The van der Waals surface area contributed by atoms with Gasteiger partial charge in [-0.1, -0.05) is 58.2 Å². The van der Waals surface area contributed by atoms with Crippen molar-refractivity contribution in [2.75, 3.05) is 40.5 Å². The van der Waals surface area contributed by atoms with Crippen molar-refractivity contribution in [3.05, 3.63) is 52.6 Å². The Balaban J connectivity index is 1.12. The number of unbranched alkanes of at least 4 members (excludes halogenated alkanes) is 4. The van der Waals surface area contributed by atoms with E-state index < -0.39 is 50.6 Å². The molecule has 1 aromatic carbocycles. The predicted molar refractivity (Wildman–Crippen MR) is 280 cm³/mol. The van der Waals surface area contributed by atoms with Gasteiger partial charge in [-0.3, -0.25) is 23.9 Å². The van der Waals surface area contributed by atoms with E-state index in [0.29, 0.717) is 51.0 Å². The number of ether oxygens (including phenoxy) is 4. The minimum Gasteiger partial charge on any atom is -0.456 e. The third-order valence-corrected chi connectivity index (χ3v) is 15.3. The number of nitrogens with zero attached hydrogens (tertiary/aromatic N) is 7. The first-order chi connectivity index (χ1) is 35.1. The Kier molecular flexibility index (Phi) is 24.2. The minimum atomic E-state index is -1.71. The average Bonchev–Trinajstić information content (AvgIpc) is 3.93. The van der Waals surface area contributed by atoms with Crippen molar-refractivity contribution in [1.29, 1.82) is 5.26 Å². The Labute approximate surface area is 432 Å². The molecule has 2 aromatic heterocycles. The highest BCUT2D eigenvalue weighted by molar-refractivity contribution is 7.44. The molecule has 0 bridgehead atoms. The lowest BCUT2D eigenvalue weighted by atomic mass is 9.73. The smallest absolute Gasteiger partial charge is 0.338 e. The molecule has 3 aromatic rings. The van der Waals surface area contributed by atoms with Gasteiger partial charge in [0.25, 0.3) is 14.1 Å². The zero-order chi connectivity index (χ0) is 53.0. The van der Waals surface area contributed by atoms with Crippen LogP contribution in [0.3, 0.4) is 0 Å². The Morgan fingerprint density at radius 3 is 2.37 bits per heavy atom. The number of nitriles is 1. The number of hydrogen-bond acceptors (Lipinski definition) is 15. The number of carbonyl (C=O) groups is 3. The van der Waals surface area contributed by atoms with Crippen LogP contribution in [-0.2, 0) is 37.6 Å². The maximum absolute atomic E-state index is 13.2. The summed E-state index contributed by atoms with van der Waals surface area (Å²) >= 11 is 0. The quantitative estimate of drug-likeness (QED) is 0.0191. The van der Waals surface area contributed by atoms with E-state index in [-0.39, 0.29) is 78.1 Å². The van der Waals surface area contributed by atoms with Gasteiger partial charge in [-0.05, 0) is 90.2 Å². The maximum Gasteiger partial charge on any atom is 0.338 e. The lowest BCUT2D eigenvalue weighted by molar-refractivity contribution is -0.129. The van der Waals surface area contributed by atoms with Crippen molar-refractivity contribution < 1.29 is 42.4 Å². The normalized spacial score (nSPS) is 23.6. The minimum absolute atomic E-state index is 0.00891. The third-order valence-electron chi connectivity index (χ3n) is 13.2. The van der Waals surface area contributed by atoms with Crippen molar-refractivity contribution in [2.45, 2.75) is 181 Å². The second-order valence-electron chi connectivity index (χ2n) is 19.7. The summed E-state index contributed by atoms with van der Waals surface area (Å²) in [6.45, 7) is 17.6. The molecular weight excluding hydrogens is 956 g/mol. The fraction of sp³-hybridized carbons (Fsp3) is 0.692. The number of rotatable bonds is 30. The Bertz CT molecular complexity index is 2300. The lowest BCUT2D eigenvalue weighted by Gasteiger charge is -2.45. The van der Waals surface area contributed by atoms with Crippen LogP contribution in [0.15, 0.2) is 46.4 Å². The number of aromatic amines is 1. The fourth-order valence-electron chi connectivity index (χ4n) is 9.58. The molecule has 1 aliphatic heterocycles. The first-order valence-corrected chi connectivity index (χ1v) is 27.3. The number of H-pyrrole nitrogens is 1. The van der Waals surface area contributed by atoms with E-state index in [1.807, 2.05) is 27.1 Å². The van der Waals surface area contributed by atoms with E-state index in [9.17, 15) is 24.4 Å². The monoisotopic (exact) mass is 1040 g/mol. The highest BCUT2D eigenvalue weighted by Gasteiger charge is 2.50. The molecule has 5 rings (SSSR count). The van der Waals surface area contributed by atoms with Gasteiger partial charge in [0, 0.05) is 59.3 Å². The number of hydrogen-bond donors (Lipinski definition) is 3. The van der Waals surface area contributed by atoms with E-state index in [0.717, 1.165) is 38.5 Å². The Morgan fingerprint density at radius 2 is 1.70 bits per heavy atom. The van der Waals surface area contributed by atoms with Crippen LogP contribution < -0.4 is 16.2 Å². The molecule has 0 spiro atoms. The standard InChI is InChI=1S/C52H81N10O10P/c1-11-38-31-41(43(57-37(8)63)45(36(38)7)71-51(66)39-23-16-15-17-24-39)67-28-21-18-25-42(64)54-27-19-13-14-20-29-68-46-40(12-2)70-50(47(46)72-73(69-30-22-26-53)62(34(3)4)35(5)6)61-33-55-44-48(61)58-52(59-49(44)65)56-32-60(9)10/h15-17,23-24,32-36,38,40-41,43,45-47,50H,11-14,18-22,25,27-31H2,1-10H3,(H,54,64)(H,57,63)(H,58,59,65)/b56-32+/t36-,38-,40+,41+,43-,45-,46?,47-,50+,73?/m0/s1. The van der Waals surface area contributed by atoms with Crippen molar-refractivity contribution in [1.82, 2.24) is 39.7 Å². The van der Waals surface area contributed by atoms with Crippen LogP contribution in [0.25, 0.3) is 11.2 Å². The zero-order valence-electron chi connectivity index (χ0n) is 44.7. The Morgan fingerprint density at radius 1 is 0.986 bits per heavy atom. The molecule has 10 atom stereocenters. The SMILES string of the molecule is CC[C@H]1C[C@@H](OCCCCC(=O)NCCCCCCOC2[C@@H](CC)O[C@@H](n3cnc4c(=O)[nH]c(/N=C/N(C)C)nc43)[C@H]2OP(OCCC#N)N(C(C)C)C(C)C)[C@H](NC(C)=O)[C@@H](OC(=O)c2ccccc2)[C@H]1C. The van der Waals surface area contributed by atoms with Crippen LogP contribution in [0.2, 0.25) is 0 Å². The van der Waals surface area contributed by atoms with E-state index in [1.54, 1.807) is 40.1 Å². The number of esters is 1. The molecule has 1 saturated heterocycles. The summed E-state index contributed by atoms with van der Waals surface area (Å²) in [5.41, 5.74) is 0.448. The topological polar surface area (TPSA) is 237 Å². The van der Waals surface area contributed by atoms with E-state index in [2.05, 4.69) is 82.9 Å². The summed E-state index contributed by atoms with van der Waals surface area (Å²) in [6, 6.07) is 10.7. The lowest BCUT2D eigenvalue weighted by Crippen LogP contribution is -2.59. The van der Waals surface area contributed by atoms with Gasteiger partial charge < -0.3 is 43.5 Å². The third kappa shape index (κ3) is 17.1. The van der Waals surface area contributed by atoms with Crippen LogP contribution in [0.5, 0.6) is 0 Å². The highest BCUT2D eigenvalue weighted by Crippen LogP contribution is 2.51. The molecule has 73 heavy (non-hydrogen) atoms. The summed E-state index contributed by atoms with van der Waals surface area (Å²) in [5.74, 6) is -0.260. The number of carbonyl (C=O) groups excluding carboxylic acids is 3. The number of nitrogens with one attached hydrogen (secondary N) is 3. The molecule has 1 saturated carbocycles. The van der Waals surface area contributed by atoms with Gasteiger partial charge in [0.15, 0.2) is 17.4 Å². The molecule has 2 amide bonds. The van der Waals surface area contributed by atoms with Gasteiger partial charge in [-0.2, -0.15) is 10.2 Å². The van der Waals surface area contributed by atoms with Crippen LogP contribution in [0.4, 0.5) is 5.95 Å². The molecule has 21 heteroatoms. The number of benzene rings is 1. The zero-order valence-corrected chi connectivity index (χ0v) is 45.6. The second kappa shape index (κ2) is 29.9. The molecule has 0 radical (unpaired) electrons. The Hall–Kier alpha value is -4.87. The molecular formula is C52H81N10O10P. The van der Waals surface area contributed by atoms with Crippen molar-refractivity contribution >= 4 is 49.8 Å². The van der Waals surface area contributed by atoms with Gasteiger partial charge in [0.1, 0.15) is 18.3 Å². The first-order valence-electron chi connectivity index (χ1n) is 26.2. The predicted octanol–water partition coefficient (Wildman–Crippen LogP) is 7.72. The van der Waals surface area contributed by atoms with E-state index >= 15 is 0 Å². The number of aliphatic imine (C=N–C) groups is 1. The average molecular weight is 1040 g/mol. The number of imidazole rings is 1. The van der Waals surface area contributed by atoms with Crippen molar-refractivity contribution in [3.63, 3.8) is 0 Å². The fourth-order valence-corrected chi connectivity index (χ4v) is 11.3. The van der Waals surface area contributed by atoms with Gasteiger partial charge in [-0.15, -0.1) is 0 Å². The molecule has 3 N–H and O–H groups in total. The summed E-state index contributed by atoms with van der Waals surface area (Å²) in [7, 11) is 1.93. The molecule has 20 nitrogen and oxygen atoms in total. The van der Waals surface area contributed by atoms with Gasteiger partial charge in [0.2, 0.25) is 17.8 Å². The molecule has 3 heterocycles.